The zero-order chi connectivity index (χ0) is 22.7. The topological polar surface area (TPSA) is 81.4 Å². The molecule has 0 aliphatic carbocycles. The summed E-state index contributed by atoms with van der Waals surface area (Å²) in [6, 6.07) is 1.94. The molecule has 0 aromatic heterocycles. The number of hydrogen-bond donors (Lipinski definition) is 1. The molecule has 182 valence electrons. The highest BCUT2D eigenvalue weighted by molar-refractivity contribution is 6.61. The van der Waals surface area contributed by atoms with Crippen LogP contribution in [0, 0.1) is 0 Å². The van der Waals surface area contributed by atoms with Crippen LogP contribution in [0.5, 0.6) is 0 Å². The third kappa shape index (κ3) is 12.9. The van der Waals surface area contributed by atoms with Crippen LogP contribution in [0.3, 0.4) is 0 Å². The van der Waals surface area contributed by atoms with E-state index in [1.165, 1.54) is 0 Å². The van der Waals surface area contributed by atoms with Gasteiger partial charge >= 0.3 is 17.6 Å². The summed E-state index contributed by atoms with van der Waals surface area (Å²) < 4.78 is 35.5. The van der Waals surface area contributed by atoms with Crippen LogP contribution in [0.25, 0.3) is 0 Å². The molecule has 0 aliphatic heterocycles. The molecule has 2 N–H and O–H groups in total. The molecule has 7 nitrogen and oxygen atoms in total. The fourth-order valence-electron chi connectivity index (χ4n) is 3.64. The van der Waals surface area contributed by atoms with Gasteiger partial charge in [0.15, 0.2) is 0 Å². The number of unbranched alkanes of at least 4 members (excludes halogenated alkanes) is 2. The van der Waals surface area contributed by atoms with Crippen molar-refractivity contribution in [2.24, 2.45) is 5.73 Å². The van der Waals surface area contributed by atoms with Gasteiger partial charge in [0, 0.05) is 57.8 Å². The molecule has 0 aromatic rings. The molecule has 0 spiro atoms. The maximum absolute atomic E-state index is 6.36. The van der Waals surface area contributed by atoms with Crippen molar-refractivity contribution in [2.45, 2.75) is 98.2 Å². The molecule has 0 heterocycles. The van der Waals surface area contributed by atoms with Crippen LogP contribution in [-0.4, -0.2) is 63.3 Å². The zero-order valence-electron chi connectivity index (χ0n) is 20.5. The number of nitrogens with two attached hydrogens (primary N) is 1. The summed E-state index contributed by atoms with van der Waals surface area (Å²) in [5, 5.41) is 0. The molecule has 0 bridgehead atoms. The van der Waals surface area contributed by atoms with Gasteiger partial charge in [0.05, 0.1) is 0 Å². The molecule has 0 amide bonds. The minimum atomic E-state index is -2.52. The lowest BCUT2D eigenvalue weighted by atomic mass is 10.1. The van der Waals surface area contributed by atoms with Crippen molar-refractivity contribution in [3.05, 3.63) is 0 Å². The number of hydrogen-bond acceptors (Lipinski definition) is 7. The van der Waals surface area contributed by atoms with Gasteiger partial charge in [-0.05, 0) is 67.2 Å². The molecule has 0 radical (unpaired) electrons. The van der Waals surface area contributed by atoms with Gasteiger partial charge in [-0.25, -0.2) is 0 Å². The molecule has 30 heavy (non-hydrogen) atoms. The van der Waals surface area contributed by atoms with Crippen molar-refractivity contribution < 1.29 is 26.6 Å². The number of rotatable bonds is 22. The zero-order valence-corrected chi connectivity index (χ0v) is 22.5. The lowest BCUT2D eigenvalue weighted by Crippen LogP contribution is -2.46. The molecular weight excluding hydrogens is 418 g/mol. The second kappa shape index (κ2) is 18.7. The Balaban J connectivity index is 4.25. The van der Waals surface area contributed by atoms with E-state index in [1.54, 1.807) is 0 Å². The SMILES string of the molecule is CCO[Si](CCCCC(N)CCCC[Si](OCC)(OCC)OCC)(OCC)OCC. The molecular formula is C21H49NO6Si2. The standard InChI is InChI=1S/C21H49NO6Si2/c1-7-23-29(24-8-2,25-9-3)19-15-13-17-21(22)18-14-16-20-30(26-10-4,27-11-5)28-12-6/h21H,7-20,22H2,1-6H3. The Bertz CT molecular complexity index is 324. The molecule has 9 heteroatoms. The average Bonchev–Trinajstić information content (AvgIpc) is 2.70. The Labute approximate surface area is 188 Å². The van der Waals surface area contributed by atoms with Crippen LogP contribution in [0.2, 0.25) is 12.1 Å². The summed E-state index contributed by atoms with van der Waals surface area (Å²) in [5.41, 5.74) is 6.36. The van der Waals surface area contributed by atoms with Crippen molar-refractivity contribution in [2.75, 3.05) is 39.6 Å². The van der Waals surface area contributed by atoms with E-state index < -0.39 is 17.6 Å². The Morgan fingerprint density at radius 2 is 0.767 bits per heavy atom. The second-order valence-electron chi connectivity index (χ2n) is 7.22. The van der Waals surface area contributed by atoms with Crippen LogP contribution >= 0.6 is 0 Å². The quantitative estimate of drug-likeness (QED) is 0.182. The van der Waals surface area contributed by atoms with Gasteiger partial charge < -0.3 is 32.3 Å². The lowest BCUT2D eigenvalue weighted by molar-refractivity contribution is 0.0700. The maximum Gasteiger partial charge on any atom is 0.500 e. The summed E-state index contributed by atoms with van der Waals surface area (Å²) >= 11 is 0. The van der Waals surface area contributed by atoms with Gasteiger partial charge in [-0.2, -0.15) is 0 Å². The minimum absolute atomic E-state index is 0.217. The molecule has 0 saturated heterocycles. The van der Waals surface area contributed by atoms with Gasteiger partial charge in [-0.1, -0.05) is 12.8 Å². The lowest BCUT2D eigenvalue weighted by Gasteiger charge is -2.28. The van der Waals surface area contributed by atoms with E-state index in [-0.39, 0.29) is 6.04 Å². The Morgan fingerprint density at radius 1 is 0.500 bits per heavy atom. The first-order valence-corrected chi connectivity index (χ1v) is 15.9. The minimum Gasteiger partial charge on any atom is -0.374 e. The normalized spacial score (nSPS) is 12.8. The molecule has 0 unspecified atom stereocenters. The van der Waals surface area contributed by atoms with Crippen molar-refractivity contribution in [3.8, 4) is 0 Å². The average molecular weight is 468 g/mol. The third-order valence-electron chi connectivity index (χ3n) is 4.80. The highest BCUT2D eigenvalue weighted by Gasteiger charge is 2.40. The Kier molecular flexibility index (Phi) is 18.8. The largest absolute Gasteiger partial charge is 0.500 e. The van der Waals surface area contributed by atoms with Crippen LogP contribution in [-0.2, 0) is 26.6 Å². The monoisotopic (exact) mass is 467 g/mol. The van der Waals surface area contributed by atoms with Crippen molar-refractivity contribution >= 4 is 17.6 Å². The summed E-state index contributed by atoms with van der Waals surface area (Å²) in [6.07, 6.45) is 6.21. The van der Waals surface area contributed by atoms with Crippen LogP contribution in [0.15, 0.2) is 0 Å². The fraction of sp³-hybridized carbons (Fsp3) is 1.00. The van der Waals surface area contributed by atoms with Crippen LogP contribution in [0.4, 0.5) is 0 Å². The molecule has 0 aromatic carbocycles. The van der Waals surface area contributed by atoms with E-state index >= 15 is 0 Å². The first kappa shape index (κ1) is 30.2. The second-order valence-corrected chi connectivity index (χ2v) is 12.7. The van der Waals surface area contributed by atoms with E-state index in [0.29, 0.717) is 39.6 Å². The van der Waals surface area contributed by atoms with E-state index in [9.17, 15) is 0 Å². The van der Waals surface area contributed by atoms with Crippen molar-refractivity contribution in [3.63, 3.8) is 0 Å². The molecule has 0 saturated carbocycles. The van der Waals surface area contributed by atoms with Gasteiger partial charge in [-0.15, -0.1) is 0 Å². The van der Waals surface area contributed by atoms with E-state index in [1.807, 2.05) is 41.5 Å². The third-order valence-corrected chi connectivity index (χ3v) is 11.1. The van der Waals surface area contributed by atoms with Crippen LogP contribution < -0.4 is 5.73 Å². The molecule has 0 atom stereocenters. The van der Waals surface area contributed by atoms with Crippen molar-refractivity contribution in [1.29, 1.82) is 0 Å². The molecule has 0 fully saturated rings. The fourth-order valence-corrected chi connectivity index (χ4v) is 9.01. The van der Waals surface area contributed by atoms with E-state index in [0.717, 1.165) is 50.6 Å². The van der Waals surface area contributed by atoms with Gasteiger partial charge in [0.2, 0.25) is 0 Å². The maximum atomic E-state index is 6.36. The molecule has 0 aliphatic rings. The first-order chi connectivity index (χ1) is 14.5. The van der Waals surface area contributed by atoms with Crippen LogP contribution in [0.1, 0.15) is 80.1 Å². The highest BCUT2D eigenvalue weighted by atomic mass is 28.4. The molecule has 0 rings (SSSR count). The Hall–Kier alpha value is 0.154. The van der Waals surface area contributed by atoms with E-state index in [2.05, 4.69) is 0 Å². The van der Waals surface area contributed by atoms with Gasteiger partial charge in [0.1, 0.15) is 0 Å². The summed E-state index contributed by atoms with van der Waals surface area (Å²) in [6.45, 7) is 15.7. The summed E-state index contributed by atoms with van der Waals surface area (Å²) in [4.78, 5) is 0. The predicted octanol–water partition coefficient (Wildman–Crippen LogP) is 4.75. The Morgan fingerprint density at radius 3 is 1.00 bits per heavy atom. The van der Waals surface area contributed by atoms with Gasteiger partial charge in [0.25, 0.3) is 0 Å². The predicted molar refractivity (Wildman–Crippen MR) is 127 cm³/mol. The summed E-state index contributed by atoms with van der Waals surface area (Å²) in [7, 11) is -5.04. The summed E-state index contributed by atoms with van der Waals surface area (Å²) in [5.74, 6) is 0. The first-order valence-electron chi connectivity index (χ1n) is 12.1. The highest BCUT2D eigenvalue weighted by Crippen LogP contribution is 2.22. The van der Waals surface area contributed by atoms with Gasteiger partial charge in [-0.3, -0.25) is 0 Å². The van der Waals surface area contributed by atoms with E-state index in [4.69, 9.17) is 32.3 Å². The van der Waals surface area contributed by atoms with Crippen molar-refractivity contribution in [1.82, 2.24) is 0 Å². The smallest absolute Gasteiger partial charge is 0.374 e.